The van der Waals surface area contributed by atoms with Crippen LogP contribution in [-0.4, -0.2) is 68.2 Å². The minimum absolute atomic E-state index is 0.0966. The van der Waals surface area contributed by atoms with Crippen LogP contribution in [0.1, 0.15) is 42.6 Å². The van der Waals surface area contributed by atoms with Gasteiger partial charge in [0.05, 0.1) is 47.0 Å². The van der Waals surface area contributed by atoms with Crippen molar-refractivity contribution in [2.45, 2.75) is 44.5 Å². The Labute approximate surface area is 195 Å². The van der Waals surface area contributed by atoms with Crippen LogP contribution in [0.3, 0.4) is 0 Å². The van der Waals surface area contributed by atoms with E-state index in [1.807, 2.05) is 6.07 Å². The molecule has 1 aliphatic rings. The summed E-state index contributed by atoms with van der Waals surface area (Å²) >= 11 is 0. The van der Waals surface area contributed by atoms with E-state index in [1.54, 1.807) is 22.8 Å². The molecule has 4 rings (SSSR count). The molecule has 0 radical (unpaired) electrons. The number of amides is 1. The number of nitrogens with one attached hydrogen (secondary N) is 2. The quantitative estimate of drug-likeness (QED) is 0.480. The van der Waals surface area contributed by atoms with Crippen LogP contribution in [0.4, 0.5) is 10.1 Å². The number of hydrogen-bond donors (Lipinski definition) is 3. The Kier molecular flexibility index (Phi) is 6.72. The molecule has 3 N–H and O–H groups in total. The van der Waals surface area contributed by atoms with Crippen LogP contribution < -0.4 is 10.6 Å². The Morgan fingerprint density at radius 2 is 2.09 bits per heavy atom. The zero-order valence-corrected chi connectivity index (χ0v) is 19.0. The van der Waals surface area contributed by atoms with Crippen molar-refractivity contribution in [3.05, 3.63) is 41.9 Å². The summed E-state index contributed by atoms with van der Waals surface area (Å²) in [6.45, 7) is 3.60. The lowest BCUT2D eigenvalue weighted by atomic mass is 10.0. The molecule has 1 fully saturated rings. The number of carbonyl (C=O) groups excluding carboxylic acids is 1. The van der Waals surface area contributed by atoms with Gasteiger partial charge in [-0.1, -0.05) is 0 Å². The first kappa shape index (κ1) is 23.5. The second-order valence-corrected chi connectivity index (χ2v) is 8.75. The monoisotopic (exact) mass is 467 g/mol. The van der Waals surface area contributed by atoms with E-state index in [-0.39, 0.29) is 18.2 Å². The third-order valence-electron chi connectivity index (χ3n) is 5.69. The molecule has 0 spiro atoms. The number of nitriles is 1. The molecule has 34 heavy (non-hydrogen) atoms. The van der Waals surface area contributed by atoms with E-state index in [1.165, 1.54) is 26.2 Å². The summed E-state index contributed by atoms with van der Waals surface area (Å²) in [5.74, 6) is -0.504. The second kappa shape index (κ2) is 9.70. The lowest BCUT2D eigenvalue weighted by molar-refractivity contribution is -0.00177. The number of hydrogen-bond acceptors (Lipinski definition) is 8. The molecule has 0 bridgehead atoms. The largest absolute Gasteiger partial charge is 0.387 e. The maximum Gasteiger partial charge on any atom is 0.255 e. The van der Waals surface area contributed by atoms with Crippen LogP contribution in [0.2, 0.25) is 0 Å². The molecule has 0 aromatic carbocycles. The molecule has 1 aliphatic heterocycles. The molecule has 0 unspecified atom stereocenters. The Morgan fingerprint density at radius 1 is 1.32 bits per heavy atom. The van der Waals surface area contributed by atoms with E-state index in [0.29, 0.717) is 41.5 Å². The number of imidazole rings is 1. The van der Waals surface area contributed by atoms with Crippen molar-refractivity contribution >= 4 is 17.2 Å². The maximum absolute atomic E-state index is 14.2. The highest BCUT2D eigenvalue weighted by Gasteiger charge is 2.27. The zero-order valence-electron chi connectivity index (χ0n) is 19.0. The molecule has 0 saturated carbocycles. The van der Waals surface area contributed by atoms with Gasteiger partial charge in [-0.2, -0.15) is 10.4 Å². The number of anilines is 1. The minimum Gasteiger partial charge on any atom is -0.387 e. The van der Waals surface area contributed by atoms with Crippen molar-refractivity contribution in [3.8, 4) is 17.5 Å². The molecule has 3 aromatic heterocycles. The van der Waals surface area contributed by atoms with Crippen LogP contribution in [0, 0.1) is 11.3 Å². The van der Waals surface area contributed by atoms with Gasteiger partial charge in [-0.15, -0.1) is 0 Å². The van der Waals surface area contributed by atoms with Crippen LogP contribution in [0.5, 0.6) is 0 Å². The maximum atomic E-state index is 14.2. The number of nitrogens with zero attached hydrogens (tertiary/aromatic N) is 5. The number of pyridine rings is 1. The van der Waals surface area contributed by atoms with Crippen molar-refractivity contribution in [2.75, 3.05) is 25.1 Å². The molecule has 0 aliphatic carbocycles. The molecule has 1 amide bonds. The highest BCUT2D eigenvalue weighted by atomic mass is 19.1. The Balaban J connectivity index is 1.65. The predicted molar refractivity (Wildman–Crippen MR) is 122 cm³/mol. The van der Waals surface area contributed by atoms with Crippen molar-refractivity contribution in [2.24, 2.45) is 0 Å². The number of alkyl halides is 1. The highest BCUT2D eigenvalue weighted by Crippen LogP contribution is 2.26. The fourth-order valence-corrected chi connectivity index (χ4v) is 3.60. The Bertz CT molecular complexity index is 1230. The zero-order chi connectivity index (χ0) is 24.3. The van der Waals surface area contributed by atoms with E-state index in [0.717, 1.165) is 12.8 Å². The predicted octanol–water partition coefficient (Wildman–Crippen LogP) is 2.09. The van der Waals surface area contributed by atoms with Gasteiger partial charge in [0.2, 0.25) is 0 Å². The Morgan fingerprint density at radius 3 is 2.79 bits per heavy atom. The number of fused-ring (bicyclic) bond motifs is 1. The molecule has 3 aromatic rings. The van der Waals surface area contributed by atoms with E-state index in [9.17, 15) is 14.3 Å². The van der Waals surface area contributed by atoms with Crippen molar-refractivity contribution < 1.29 is 19.0 Å². The van der Waals surface area contributed by atoms with Gasteiger partial charge in [-0.3, -0.25) is 9.78 Å². The molecule has 1 saturated heterocycles. The Hall–Kier alpha value is -3.62. The number of aliphatic hydroxyl groups is 1. The SMILES string of the molecule is CC(C)(O)[C@H](F)CNC(=O)c1cnc(-c2cnc3cc(C#N)cnn23)cc1NC1CCOCC1. The standard InChI is InChI=1S/C23H26FN7O3/c1-23(2,33)20(24)13-28-22(32)16-11-26-18(8-17(16)30-15-3-5-34-6-4-15)19-12-27-21-7-14(9-25)10-29-31(19)21/h7-8,10-12,15,20,33H,3-6,13H2,1-2H3,(H,26,30)(H,28,32)/t20-/m1/s1. The van der Waals surface area contributed by atoms with Crippen LogP contribution in [-0.2, 0) is 4.74 Å². The fraction of sp³-hybridized carbons (Fsp3) is 0.435. The van der Waals surface area contributed by atoms with E-state index >= 15 is 0 Å². The number of carbonyl (C=O) groups is 1. The average molecular weight is 468 g/mol. The van der Waals surface area contributed by atoms with Crippen LogP contribution in [0.25, 0.3) is 17.0 Å². The van der Waals surface area contributed by atoms with Crippen molar-refractivity contribution in [3.63, 3.8) is 0 Å². The van der Waals surface area contributed by atoms with Gasteiger partial charge >= 0.3 is 0 Å². The lowest BCUT2D eigenvalue weighted by Gasteiger charge is -2.26. The van der Waals surface area contributed by atoms with Gasteiger partial charge in [-0.05, 0) is 32.8 Å². The number of ether oxygens (including phenoxy) is 1. The first-order valence-corrected chi connectivity index (χ1v) is 11.0. The van der Waals surface area contributed by atoms with Crippen LogP contribution >= 0.6 is 0 Å². The normalized spacial score (nSPS) is 15.6. The molecular formula is C23H26FN7O3. The molecule has 10 nitrogen and oxygen atoms in total. The summed E-state index contributed by atoms with van der Waals surface area (Å²) in [6, 6.07) is 5.48. The third-order valence-corrected chi connectivity index (χ3v) is 5.69. The third kappa shape index (κ3) is 5.13. The summed E-state index contributed by atoms with van der Waals surface area (Å²) in [5.41, 5.74) is 1.23. The van der Waals surface area contributed by atoms with Gasteiger partial charge in [0.25, 0.3) is 5.91 Å². The summed E-state index contributed by atoms with van der Waals surface area (Å²) in [4.78, 5) is 21.6. The van der Waals surface area contributed by atoms with E-state index in [4.69, 9.17) is 10.00 Å². The average Bonchev–Trinajstić information content (AvgIpc) is 3.25. The van der Waals surface area contributed by atoms with Gasteiger partial charge < -0.3 is 20.5 Å². The first-order valence-electron chi connectivity index (χ1n) is 11.0. The number of halogens is 1. The van der Waals surface area contributed by atoms with Gasteiger partial charge in [0.15, 0.2) is 5.65 Å². The van der Waals surface area contributed by atoms with E-state index in [2.05, 4.69) is 25.7 Å². The van der Waals surface area contributed by atoms with E-state index < -0.39 is 17.7 Å². The van der Waals surface area contributed by atoms with Gasteiger partial charge in [0, 0.05) is 31.5 Å². The summed E-state index contributed by atoms with van der Waals surface area (Å²) in [7, 11) is 0. The fourth-order valence-electron chi connectivity index (χ4n) is 3.60. The van der Waals surface area contributed by atoms with Gasteiger partial charge in [0.1, 0.15) is 17.9 Å². The number of aromatic nitrogens is 4. The van der Waals surface area contributed by atoms with Crippen molar-refractivity contribution in [1.82, 2.24) is 24.9 Å². The second-order valence-electron chi connectivity index (χ2n) is 8.75. The number of rotatable bonds is 7. The topological polar surface area (TPSA) is 137 Å². The molecule has 4 heterocycles. The molecule has 1 atom stereocenters. The minimum atomic E-state index is -1.63. The summed E-state index contributed by atoms with van der Waals surface area (Å²) in [6.07, 6.45) is 4.39. The van der Waals surface area contributed by atoms with Crippen molar-refractivity contribution in [1.29, 1.82) is 5.26 Å². The summed E-state index contributed by atoms with van der Waals surface area (Å²) < 4.78 is 21.2. The molecule has 178 valence electrons. The summed E-state index contributed by atoms with van der Waals surface area (Å²) in [5, 5.41) is 29.1. The first-order chi connectivity index (χ1) is 16.3. The molecule has 11 heteroatoms. The van der Waals surface area contributed by atoms with Crippen LogP contribution in [0.15, 0.2) is 30.7 Å². The van der Waals surface area contributed by atoms with Gasteiger partial charge in [-0.25, -0.2) is 13.9 Å². The highest BCUT2D eigenvalue weighted by molar-refractivity contribution is 6.00. The lowest BCUT2D eigenvalue weighted by Crippen LogP contribution is -2.42. The molecular weight excluding hydrogens is 441 g/mol. The smallest absolute Gasteiger partial charge is 0.255 e.